The number of rotatable bonds is 4. The highest BCUT2D eigenvalue weighted by Gasteiger charge is 2.43. The molecule has 1 aliphatic rings. The maximum absolute atomic E-state index is 11.7. The van der Waals surface area contributed by atoms with Gasteiger partial charge in [-0.2, -0.15) is 5.10 Å². The second kappa shape index (κ2) is 5.12. The normalized spacial score (nSPS) is 17.2. The number of aromatic nitrogens is 2. The summed E-state index contributed by atoms with van der Waals surface area (Å²) in [7, 11) is 0. The van der Waals surface area contributed by atoms with Gasteiger partial charge in [0.15, 0.2) is 0 Å². The molecule has 1 aromatic heterocycles. The van der Waals surface area contributed by atoms with E-state index in [1.807, 2.05) is 41.2 Å². The minimum Gasteiger partial charge on any atom is -0.481 e. The molecule has 104 valence electrons. The summed E-state index contributed by atoms with van der Waals surface area (Å²) in [4.78, 5) is 11.7. The molecule has 0 unspecified atom stereocenters. The van der Waals surface area contributed by atoms with E-state index < -0.39 is 11.4 Å². The molecule has 0 saturated heterocycles. The molecule has 4 heteroatoms. The molecule has 3 rings (SSSR count). The van der Waals surface area contributed by atoms with Crippen molar-refractivity contribution in [1.82, 2.24) is 9.78 Å². The smallest absolute Gasteiger partial charge is 0.314 e. The van der Waals surface area contributed by atoms with E-state index in [1.54, 1.807) is 6.20 Å². The van der Waals surface area contributed by atoms with Gasteiger partial charge in [-0.25, -0.2) is 0 Å². The summed E-state index contributed by atoms with van der Waals surface area (Å²) in [6.07, 6.45) is 7.03. The molecule has 0 amide bonds. The van der Waals surface area contributed by atoms with Gasteiger partial charge in [-0.15, -0.1) is 0 Å². The topological polar surface area (TPSA) is 55.1 Å². The minimum absolute atomic E-state index is 0.677. The maximum Gasteiger partial charge on any atom is 0.314 e. The Labute approximate surface area is 118 Å². The van der Waals surface area contributed by atoms with Crippen molar-refractivity contribution in [1.29, 1.82) is 0 Å². The number of aliphatic carboxylic acids is 1. The molecule has 1 heterocycles. The van der Waals surface area contributed by atoms with Crippen LogP contribution in [-0.2, 0) is 16.8 Å². The van der Waals surface area contributed by atoms with Crippen LogP contribution in [0.1, 0.15) is 36.8 Å². The number of hydrogen-bond acceptors (Lipinski definition) is 2. The highest BCUT2D eigenvalue weighted by molar-refractivity contribution is 5.81. The predicted molar refractivity (Wildman–Crippen MR) is 75.6 cm³/mol. The highest BCUT2D eigenvalue weighted by Crippen LogP contribution is 2.41. The quantitative estimate of drug-likeness (QED) is 0.929. The molecule has 1 fully saturated rings. The number of carbonyl (C=O) groups is 1. The zero-order chi connectivity index (χ0) is 14.0. The molecular weight excluding hydrogens is 252 g/mol. The zero-order valence-electron chi connectivity index (χ0n) is 11.3. The van der Waals surface area contributed by atoms with Gasteiger partial charge in [0, 0.05) is 11.8 Å². The largest absolute Gasteiger partial charge is 0.481 e. The van der Waals surface area contributed by atoms with Gasteiger partial charge < -0.3 is 5.11 Å². The van der Waals surface area contributed by atoms with Gasteiger partial charge in [-0.3, -0.25) is 9.48 Å². The molecule has 0 aliphatic heterocycles. The van der Waals surface area contributed by atoms with E-state index in [1.165, 1.54) is 0 Å². The lowest BCUT2D eigenvalue weighted by atomic mass is 9.81. The third-order valence-corrected chi connectivity index (χ3v) is 4.24. The highest BCUT2D eigenvalue weighted by atomic mass is 16.4. The van der Waals surface area contributed by atoms with E-state index in [0.29, 0.717) is 6.54 Å². The average molecular weight is 270 g/mol. The minimum atomic E-state index is -0.714. The summed E-state index contributed by atoms with van der Waals surface area (Å²) in [5.41, 5.74) is 1.30. The van der Waals surface area contributed by atoms with Gasteiger partial charge in [-0.1, -0.05) is 43.2 Å². The number of benzene rings is 1. The summed E-state index contributed by atoms with van der Waals surface area (Å²) in [6.45, 7) is 0.677. The zero-order valence-corrected chi connectivity index (χ0v) is 11.3. The third kappa shape index (κ3) is 2.22. The summed E-state index contributed by atoms with van der Waals surface area (Å²) in [5.74, 6) is -0.714. The van der Waals surface area contributed by atoms with Crippen molar-refractivity contribution in [3.8, 4) is 0 Å². The van der Waals surface area contributed by atoms with Gasteiger partial charge >= 0.3 is 5.97 Å². The summed E-state index contributed by atoms with van der Waals surface area (Å²) < 4.78 is 1.83. The molecule has 0 spiro atoms. The molecule has 4 nitrogen and oxygen atoms in total. The number of nitrogens with zero attached hydrogens (tertiary/aromatic N) is 2. The Kier molecular flexibility index (Phi) is 3.30. The fourth-order valence-corrected chi connectivity index (χ4v) is 3.07. The number of carboxylic acids is 1. The first-order chi connectivity index (χ1) is 9.71. The first-order valence-electron chi connectivity index (χ1n) is 7.01. The average Bonchev–Trinajstić information content (AvgIpc) is 3.09. The monoisotopic (exact) mass is 270 g/mol. The Morgan fingerprint density at radius 2 is 1.95 bits per heavy atom. The van der Waals surface area contributed by atoms with E-state index in [9.17, 15) is 9.90 Å². The van der Waals surface area contributed by atoms with Crippen LogP contribution in [0.3, 0.4) is 0 Å². The molecule has 0 bridgehead atoms. The molecule has 1 saturated carbocycles. The second-order valence-corrected chi connectivity index (χ2v) is 5.51. The summed E-state index contributed by atoms with van der Waals surface area (Å²) >= 11 is 0. The van der Waals surface area contributed by atoms with Crippen LogP contribution in [0.15, 0.2) is 42.7 Å². The van der Waals surface area contributed by atoms with Crippen molar-refractivity contribution in [3.63, 3.8) is 0 Å². The first-order valence-corrected chi connectivity index (χ1v) is 7.01. The van der Waals surface area contributed by atoms with Crippen LogP contribution in [0.2, 0.25) is 0 Å². The Bertz CT molecular complexity index is 598. The Morgan fingerprint density at radius 1 is 1.25 bits per heavy atom. The lowest BCUT2D eigenvalue weighted by Gasteiger charge is -2.21. The summed E-state index contributed by atoms with van der Waals surface area (Å²) in [6, 6.07) is 10.1. The fourth-order valence-electron chi connectivity index (χ4n) is 3.07. The predicted octanol–water partition coefficient (Wildman–Crippen LogP) is 2.83. The van der Waals surface area contributed by atoms with Crippen molar-refractivity contribution >= 4 is 5.97 Å². The number of hydrogen-bond donors (Lipinski definition) is 1. The summed E-state index contributed by atoms with van der Waals surface area (Å²) in [5, 5.41) is 13.9. The molecule has 1 aromatic carbocycles. The van der Waals surface area contributed by atoms with Crippen LogP contribution >= 0.6 is 0 Å². The van der Waals surface area contributed by atoms with Gasteiger partial charge in [-0.05, 0) is 18.4 Å². The van der Waals surface area contributed by atoms with E-state index in [-0.39, 0.29) is 0 Å². The van der Waals surface area contributed by atoms with Crippen LogP contribution in [0.25, 0.3) is 0 Å². The second-order valence-electron chi connectivity index (χ2n) is 5.51. The van der Waals surface area contributed by atoms with Crippen molar-refractivity contribution in [2.75, 3.05) is 0 Å². The standard InChI is InChI=1S/C16H18N2O2/c19-15(20)16(8-4-5-9-16)14-10-17-18(12-14)11-13-6-2-1-3-7-13/h1-3,6-7,10,12H,4-5,8-9,11H2,(H,19,20). The van der Waals surface area contributed by atoms with Crippen LogP contribution in [0, 0.1) is 0 Å². The Hall–Kier alpha value is -2.10. The van der Waals surface area contributed by atoms with E-state index >= 15 is 0 Å². The molecular formula is C16H18N2O2. The number of carboxylic acid groups (broad SMARTS) is 1. The maximum atomic E-state index is 11.7. The molecule has 1 aliphatic carbocycles. The lowest BCUT2D eigenvalue weighted by Crippen LogP contribution is -2.32. The van der Waals surface area contributed by atoms with Gasteiger partial charge in [0.1, 0.15) is 0 Å². The Balaban J connectivity index is 1.85. The molecule has 20 heavy (non-hydrogen) atoms. The van der Waals surface area contributed by atoms with Crippen molar-refractivity contribution < 1.29 is 9.90 Å². The van der Waals surface area contributed by atoms with E-state index in [0.717, 1.165) is 36.8 Å². The molecule has 1 N–H and O–H groups in total. The SMILES string of the molecule is O=C(O)C1(c2cnn(Cc3ccccc3)c2)CCCC1. The molecule has 0 atom stereocenters. The van der Waals surface area contributed by atoms with Crippen LogP contribution in [-0.4, -0.2) is 20.9 Å². The third-order valence-electron chi connectivity index (χ3n) is 4.24. The van der Waals surface area contributed by atoms with Crippen molar-refractivity contribution in [3.05, 3.63) is 53.9 Å². The van der Waals surface area contributed by atoms with E-state index in [4.69, 9.17) is 0 Å². The van der Waals surface area contributed by atoms with Crippen molar-refractivity contribution in [2.45, 2.75) is 37.6 Å². The molecule has 2 aromatic rings. The van der Waals surface area contributed by atoms with Gasteiger partial charge in [0.25, 0.3) is 0 Å². The Morgan fingerprint density at radius 3 is 2.60 bits per heavy atom. The first kappa shape index (κ1) is 12.9. The van der Waals surface area contributed by atoms with Gasteiger partial charge in [0.2, 0.25) is 0 Å². The van der Waals surface area contributed by atoms with Crippen molar-refractivity contribution in [2.24, 2.45) is 0 Å². The van der Waals surface area contributed by atoms with E-state index in [2.05, 4.69) is 5.10 Å². The van der Waals surface area contributed by atoms with Gasteiger partial charge in [0.05, 0.1) is 18.2 Å². The van der Waals surface area contributed by atoms with Crippen LogP contribution in [0.4, 0.5) is 0 Å². The molecule has 0 radical (unpaired) electrons. The van der Waals surface area contributed by atoms with Crippen LogP contribution < -0.4 is 0 Å². The fraction of sp³-hybridized carbons (Fsp3) is 0.375. The lowest BCUT2D eigenvalue weighted by molar-refractivity contribution is -0.143. The van der Waals surface area contributed by atoms with Crippen LogP contribution in [0.5, 0.6) is 0 Å².